The Kier molecular flexibility index (Phi) is 4.61. The summed E-state index contributed by atoms with van der Waals surface area (Å²) >= 11 is 5.34. The number of ether oxygens (including phenoxy) is 1. The second kappa shape index (κ2) is 6.84. The van der Waals surface area contributed by atoms with Crippen molar-refractivity contribution in [1.29, 1.82) is 0 Å². The van der Waals surface area contributed by atoms with Gasteiger partial charge in [0.15, 0.2) is 5.11 Å². The van der Waals surface area contributed by atoms with E-state index in [1.165, 1.54) is 4.90 Å². The molecule has 1 aliphatic heterocycles. The number of anilines is 1. The smallest absolute Gasteiger partial charge is 0.281 e. The van der Waals surface area contributed by atoms with E-state index in [1.807, 2.05) is 50.4 Å². The number of hydrogen-bond donors (Lipinski definition) is 1. The fourth-order valence-electron chi connectivity index (χ4n) is 2.45. The van der Waals surface area contributed by atoms with Crippen molar-refractivity contribution < 1.29 is 9.53 Å². The lowest BCUT2D eigenvalue weighted by atomic mass is 10.2. The molecule has 1 saturated heterocycles. The minimum Gasteiger partial charge on any atom is -0.492 e. The van der Waals surface area contributed by atoms with Gasteiger partial charge in [-0.1, -0.05) is 12.1 Å². The van der Waals surface area contributed by atoms with E-state index in [-0.39, 0.29) is 5.91 Å². The van der Waals surface area contributed by atoms with Crippen molar-refractivity contribution in [3.8, 4) is 5.75 Å². The lowest BCUT2D eigenvalue weighted by Crippen LogP contribution is -2.30. The minimum absolute atomic E-state index is 0.224. The Labute approximate surface area is 145 Å². The van der Waals surface area contributed by atoms with Crippen LogP contribution < -0.4 is 15.0 Å². The molecule has 2 heterocycles. The van der Waals surface area contributed by atoms with Gasteiger partial charge in [-0.3, -0.25) is 9.48 Å². The highest BCUT2D eigenvalue weighted by atomic mass is 32.1. The number of benzene rings is 1. The summed E-state index contributed by atoms with van der Waals surface area (Å²) in [7, 11) is 0. The van der Waals surface area contributed by atoms with Gasteiger partial charge in [0.05, 0.1) is 18.0 Å². The quantitative estimate of drug-likeness (QED) is 0.668. The molecule has 1 aromatic carbocycles. The summed E-state index contributed by atoms with van der Waals surface area (Å²) in [6, 6.07) is 9.19. The molecular formula is C17H18N4O2S. The van der Waals surface area contributed by atoms with Crippen molar-refractivity contribution in [1.82, 2.24) is 15.1 Å². The monoisotopic (exact) mass is 342 g/mol. The van der Waals surface area contributed by atoms with Crippen LogP contribution in [-0.4, -0.2) is 27.4 Å². The average molecular weight is 342 g/mol. The number of thiocarbonyl (C=S) groups is 1. The van der Waals surface area contributed by atoms with E-state index >= 15 is 0 Å². The molecule has 0 unspecified atom stereocenters. The van der Waals surface area contributed by atoms with Crippen LogP contribution in [0.25, 0.3) is 6.08 Å². The molecule has 0 spiro atoms. The second-order valence-corrected chi connectivity index (χ2v) is 5.51. The summed E-state index contributed by atoms with van der Waals surface area (Å²) in [6.07, 6.45) is 3.57. The van der Waals surface area contributed by atoms with Crippen LogP contribution in [0, 0.1) is 0 Å². The molecule has 0 aliphatic carbocycles. The number of hydrogen-bond acceptors (Lipinski definition) is 4. The van der Waals surface area contributed by atoms with Crippen LogP contribution in [0.5, 0.6) is 5.75 Å². The van der Waals surface area contributed by atoms with Gasteiger partial charge >= 0.3 is 0 Å². The molecule has 2 aromatic rings. The van der Waals surface area contributed by atoms with Crippen LogP contribution in [-0.2, 0) is 11.3 Å². The highest BCUT2D eigenvalue weighted by Crippen LogP contribution is 2.31. The number of aryl methyl sites for hydroxylation is 1. The first kappa shape index (κ1) is 16.2. The lowest BCUT2D eigenvalue weighted by molar-refractivity contribution is -0.113. The number of nitrogens with zero attached hydrogens (tertiary/aromatic N) is 3. The van der Waals surface area contributed by atoms with Gasteiger partial charge in [-0.15, -0.1) is 0 Å². The molecule has 0 radical (unpaired) electrons. The Morgan fingerprint density at radius 1 is 1.29 bits per heavy atom. The molecule has 124 valence electrons. The number of carbonyl (C=O) groups excluding carboxylic acids is 1. The van der Waals surface area contributed by atoms with Gasteiger partial charge in [0.2, 0.25) is 0 Å². The fourth-order valence-corrected chi connectivity index (χ4v) is 2.74. The predicted molar refractivity (Wildman–Crippen MR) is 96.7 cm³/mol. The van der Waals surface area contributed by atoms with Gasteiger partial charge in [-0.05, 0) is 50.3 Å². The van der Waals surface area contributed by atoms with Crippen LogP contribution >= 0.6 is 12.2 Å². The lowest BCUT2D eigenvalue weighted by Gasteiger charge is -2.17. The van der Waals surface area contributed by atoms with E-state index in [2.05, 4.69) is 10.4 Å². The van der Waals surface area contributed by atoms with Crippen LogP contribution in [0.2, 0.25) is 0 Å². The first-order valence-corrected chi connectivity index (χ1v) is 8.17. The Hall–Kier alpha value is -2.67. The molecule has 0 saturated carbocycles. The minimum atomic E-state index is -0.224. The van der Waals surface area contributed by atoms with E-state index < -0.39 is 0 Å². The van der Waals surface area contributed by atoms with Crippen molar-refractivity contribution in [3.05, 3.63) is 47.9 Å². The highest BCUT2D eigenvalue weighted by Gasteiger charge is 2.33. The summed E-state index contributed by atoms with van der Waals surface area (Å²) in [5, 5.41) is 7.65. The molecule has 6 nitrogen and oxygen atoms in total. The third-order valence-electron chi connectivity index (χ3n) is 3.56. The molecular weight excluding hydrogens is 324 g/mol. The summed E-state index contributed by atoms with van der Waals surface area (Å²) in [6.45, 7) is 5.19. The Bertz CT molecular complexity index is 812. The van der Waals surface area contributed by atoms with Crippen molar-refractivity contribution >= 4 is 35.0 Å². The number of aromatic nitrogens is 2. The van der Waals surface area contributed by atoms with Crippen molar-refractivity contribution in [2.75, 3.05) is 11.5 Å². The van der Waals surface area contributed by atoms with Crippen LogP contribution in [0.1, 0.15) is 19.5 Å². The van der Waals surface area contributed by atoms with E-state index in [1.54, 1.807) is 10.8 Å². The largest absolute Gasteiger partial charge is 0.492 e. The second-order valence-electron chi connectivity index (χ2n) is 5.13. The maximum atomic E-state index is 12.8. The predicted octanol–water partition coefficient (Wildman–Crippen LogP) is 2.56. The van der Waals surface area contributed by atoms with E-state index in [4.69, 9.17) is 17.0 Å². The third kappa shape index (κ3) is 3.03. The molecule has 24 heavy (non-hydrogen) atoms. The maximum absolute atomic E-state index is 12.8. The summed E-state index contributed by atoms with van der Waals surface area (Å²) < 4.78 is 7.40. The van der Waals surface area contributed by atoms with Crippen molar-refractivity contribution in [2.45, 2.75) is 20.4 Å². The Morgan fingerprint density at radius 2 is 2.08 bits per heavy atom. The highest BCUT2D eigenvalue weighted by molar-refractivity contribution is 7.80. The molecule has 0 atom stereocenters. The zero-order chi connectivity index (χ0) is 17.1. The van der Waals surface area contributed by atoms with Crippen LogP contribution in [0.15, 0.2) is 42.2 Å². The fraction of sp³-hybridized carbons (Fsp3) is 0.235. The van der Waals surface area contributed by atoms with Gasteiger partial charge in [-0.2, -0.15) is 5.10 Å². The number of rotatable bonds is 5. The zero-order valence-corrected chi connectivity index (χ0v) is 14.3. The van der Waals surface area contributed by atoms with E-state index in [0.29, 0.717) is 34.5 Å². The number of amides is 1. The van der Waals surface area contributed by atoms with Gasteiger partial charge in [-0.25, -0.2) is 4.90 Å². The van der Waals surface area contributed by atoms with E-state index in [9.17, 15) is 4.79 Å². The van der Waals surface area contributed by atoms with Gasteiger partial charge in [0.1, 0.15) is 11.4 Å². The average Bonchev–Trinajstić information content (AvgIpc) is 3.14. The molecule has 1 fully saturated rings. The number of nitrogens with one attached hydrogen (secondary N) is 1. The molecule has 1 aliphatic rings. The first-order chi connectivity index (χ1) is 11.6. The first-order valence-electron chi connectivity index (χ1n) is 7.76. The van der Waals surface area contributed by atoms with Crippen molar-refractivity contribution in [2.24, 2.45) is 0 Å². The number of carbonyl (C=O) groups is 1. The molecule has 7 heteroatoms. The number of para-hydroxylation sites is 2. The topological polar surface area (TPSA) is 59.4 Å². The maximum Gasteiger partial charge on any atom is 0.281 e. The summed E-state index contributed by atoms with van der Waals surface area (Å²) in [4.78, 5) is 14.2. The summed E-state index contributed by atoms with van der Waals surface area (Å²) in [5.41, 5.74) is 1.73. The Balaban J connectivity index is 1.92. The zero-order valence-electron chi connectivity index (χ0n) is 13.5. The van der Waals surface area contributed by atoms with Gasteiger partial charge < -0.3 is 10.1 Å². The molecule has 1 N–H and O–H groups in total. The van der Waals surface area contributed by atoms with Crippen LogP contribution in [0.3, 0.4) is 0 Å². The SMILES string of the molecule is CCOc1ccccc1N1C(=O)/C(=C\c2ccn(CC)n2)NC1=S. The Morgan fingerprint density at radius 3 is 2.79 bits per heavy atom. The van der Waals surface area contributed by atoms with Crippen LogP contribution in [0.4, 0.5) is 5.69 Å². The summed E-state index contributed by atoms with van der Waals surface area (Å²) in [5.74, 6) is 0.396. The third-order valence-corrected chi connectivity index (χ3v) is 3.85. The van der Waals surface area contributed by atoms with E-state index in [0.717, 1.165) is 6.54 Å². The molecule has 1 amide bonds. The normalized spacial score (nSPS) is 15.9. The van der Waals surface area contributed by atoms with Gasteiger partial charge in [0, 0.05) is 12.7 Å². The molecule has 1 aromatic heterocycles. The molecule has 3 rings (SSSR count). The van der Waals surface area contributed by atoms with Gasteiger partial charge in [0.25, 0.3) is 5.91 Å². The standard InChI is InChI=1S/C17H18N4O2S/c1-3-20-10-9-12(19-20)11-13-16(22)21(17(24)18-13)14-7-5-6-8-15(14)23-4-2/h5-11H,3-4H2,1-2H3,(H,18,24)/b13-11+. The molecule has 0 bridgehead atoms. The van der Waals surface area contributed by atoms with Crippen molar-refractivity contribution in [3.63, 3.8) is 0 Å².